The molecule has 0 saturated heterocycles. The maximum atomic E-state index is 11.2. The fraction of sp³-hybridized carbons (Fsp3) is 0. The van der Waals surface area contributed by atoms with E-state index in [0.29, 0.717) is 21.2 Å². The number of halogens is 2. The number of carboxylic acids is 1. The van der Waals surface area contributed by atoms with Gasteiger partial charge in [0, 0.05) is 0 Å². The highest BCUT2D eigenvalue weighted by Crippen LogP contribution is 2.34. The molecule has 20 heavy (non-hydrogen) atoms. The van der Waals surface area contributed by atoms with Gasteiger partial charge in [-0.2, -0.15) is 0 Å². The Labute approximate surface area is 123 Å². The Morgan fingerprint density at radius 3 is 2.65 bits per heavy atom. The van der Waals surface area contributed by atoms with Crippen LogP contribution in [0.5, 0.6) is 0 Å². The van der Waals surface area contributed by atoms with Gasteiger partial charge in [0.15, 0.2) is 5.58 Å². The van der Waals surface area contributed by atoms with Gasteiger partial charge in [0.2, 0.25) is 5.89 Å². The summed E-state index contributed by atoms with van der Waals surface area (Å²) in [5.74, 6) is -0.825. The molecule has 1 N–H and O–H groups in total. The lowest BCUT2D eigenvalue weighted by molar-refractivity contribution is 0.0699. The van der Waals surface area contributed by atoms with E-state index in [9.17, 15) is 4.79 Å². The molecule has 0 spiro atoms. The number of nitrogens with zero attached hydrogens (tertiary/aromatic N) is 1. The number of aromatic nitrogens is 1. The van der Waals surface area contributed by atoms with Crippen LogP contribution in [-0.2, 0) is 0 Å². The minimum Gasteiger partial charge on any atom is -0.478 e. The van der Waals surface area contributed by atoms with Gasteiger partial charge in [-0.05, 0) is 24.3 Å². The fourth-order valence-electron chi connectivity index (χ4n) is 1.91. The van der Waals surface area contributed by atoms with Crippen molar-refractivity contribution in [3.63, 3.8) is 0 Å². The first-order chi connectivity index (χ1) is 9.58. The molecule has 0 aliphatic heterocycles. The highest BCUT2D eigenvalue weighted by molar-refractivity contribution is 6.43. The minimum atomic E-state index is -1.06. The number of fused-ring (bicyclic) bond motifs is 1. The molecule has 0 fully saturated rings. The Kier molecular flexibility index (Phi) is 3.12. The summed E-state index contributed by atoms with van der Waals surface area (Å²) in [4.78, 5) is 15.4. The first kappa shape index (κ1) is 13.0. The number of hydrogen-bond acceptors (Lipinski definition) is 3. The van der Waals surface area contributed by atoms with Crippen LogP contribution in [0.25, 0.3) is 22.6 Å². The molecule has 0 aliphatic carbocycles. The number of hydrogen-bond donors (Lipinski definition) is 1. The van der Waals surface area contributed by atoms with E-state index in [-0.39, 0.29) is 17.0 Å². The maximum Gasteiger partial charge on any atom is 0.338 e. The third kappa shape index (κ3) is 2.03. The van der Waals surface area contributed by atoms with Crippen molar-refractivity contribution in [2.45, 2.75) is 0 Å². The van der Waals surface area contributed by atoms with Crippen LogP contribution in [0.1, 0.15) is 10.4 Å². The molecule has 0 aliphatic rings. The van der Waals surface area contributed by atoms with Gasteiger partial charge in [0.1, 0.15) is 5.52 Å². The van der Waals surface area contributed by atoms with E-state index in [1.165, 1.54) is 6.07 Å². The van der Waals surface area contributed by atoms with E-state index >= 15 is 0 Å². The Hall–Kier alpha value is -2.04. The Morgan fingerprint density at radius 1 is 1.15 bits per heavy atom. The second-order valence-corrected chi connectivity index (χ2v) is 4.86. The van der Waals surface area contributed by atoms with Gasteiger partial charge in [0.25, 0.3) is 0 Å². The SMILES string of the molecule is O=C(O)c1cccc2oc(-c3cccc(Cl)c3Cl)nc12. The zero-order valence-electron chi connectivity index (χ0n) is 9.93. The van der Waals surface area contributed by atoms with Crippen LogP contribution in [0.15, 0.2) is 40.8 Å². The monoisotopic (exact) mass is 307 g/mol. The normalized spacial score (nSPS) is 10.9. The lowest BCUT2D eigenvalue weighted by Crippen LogP contribution is -1.96. The summed E-state index contributed by atoms with van der Waals surface area (Å²) in [7, 11) is 0. The summed E-state index contributed by atoms with van der Waals surface area (Å²) in [6, 6.07) is 9.79. The lowest BCUT2D eigenvalue weighted by atomic mass is 10.2. The van der Waals surface area contributed by atoms with Crippen LogP contribution in [0, 0.1) is 0 Å². The van der Waals surface area contributed by atoms with Gasteiger partial charge in [-0.15, -0.1) is 0 Å². The van der Waals surface area contributed by atoms with Gasteiger partial charge < -0.3 is 9.52 Å². The molecule has 4 nitrogen and oxygen atoms in total. The smallest absolute Gasteiger partial charge is 0.338 e. The topological polar surface area (TPSA) is 63.3 Å². The maximum absolute atomic E-state index is 11.2. The Balaban J connectivity index is 2.26. The standard InChI is InChI=1S/C14H7Cl2NO3/c15-9-5-1-3-7(11(9)16)13-17-12-8(14(18)19)4-2-6-10(12)20-13/h1-6H,(H,18,19). The summed E-state index contributed by atoms with van der Waals surface area (Å²) >= 11 is 12.1. The van der Waals surface area contributed by atoms with Crippen molar-refractivity contribution in [2.75, 3.05) is 0 Å². The van der Waals surface area contributed by atoms with Crippen molar-refractivity contribution >= 4 is 40.3 Å². The highest BCUT2D eigenvalue weighted by Gasteiger charge is 2.17. The third-order valence-corrected chi connectivity index (χ3v) is 3.65. The van der Waals surface area contributed by atoms with Crippen molar-refractivity contribution in [2.24, 2.45) is 0 Å². The summed E-state index contributed by atoms with van der Waals surface area (Å²) in [6.07, 6.45) is 0. The lowest BCUT2D eigenvalue weighted by Gasteiger charge is -2.00. The van der Waals surface area contributed by atoms with Gasteiger partial charge in [-0.3, -0.25) is 0 Å². The third-order valence-electron chi connectivity index (χ3n) is 2.83. The zero-order chi connectivity index (χ0) is 14.3. The van der Waals surface area contributed by atoms with E-state index in [1.807, 2.05) is 0 Å². The Morgan fingerprint density at radius 2 is 1.90 bits per heavy atom. The van der Waals surface area contributed by atoms with Crippen LogP contribution in [0.4, 0.5) is 0 Å². The molecule has 6 heteroatoms. The summed E-state index contributed by atoms with van der Waals surface area (Å²) < 4.78 is 5.56. The second kappa shape index (κ2) is 4.81. The molecule has 3 aromatic rings. The molecule has 3 rings (SSSR count). The number of oxazole rings is 1. The molecule has 0 saturated carbocycles. The summed E-state index contributed by atoms with van der Waals surface area (Å²) in [5.41, 5.74) is 1.27. The number of rotatable bonds is 2. The van der Waals surface area contributed by atoms with E-state index in [4.69, 9.17) is 32.7 Å². The first-order valence-electron chi connectivity index (χ1n) is 5.65. The predicted octanol–water partition coefficient (Wildman–Crippen LogP) is 4.50. The molecule has 100 valence electrons. The average Bonchev–Trinajstić information content (AvgIpc) is 2.84. The number of carboxylic acid groups (broad SMARTS) is 1. The van der Waals surface area contributed by atoms with Crippen molar-refractivity contribution in [3.8, 4) is 11.5 Å². The van der Waals surface area contributed by atoms with Gasteiger partial charge >= 0.3 is 5.97 Å². The van der Waals surface area contributed by atoms with Crippen molar-refractivity contribution in [3.05, 3.63) is 52.0 Å². The molecule has 0 bridgehead atoms. The van der Waals surface area contributed by atoms with E-state index < -0.39 is 5.97 Å². The second-order valence-electron chi connectivity index (χ2n) is 4.08. The first-order valence-corrected chi connectivity index (χ1v) is 6.41. The van der Waals surface area contributed by atoms with Crippen molar-refractivity contribution < 1.29 is 14.3 Å². The molecule has 2 aromatic carbocycles. The van der Waals surface area contributed by atoms with Gasteiger partial charge in [0.05, 0.1) is 21.2 Å². The zero-order valence-corrected chi connectivity index (χ0v) is 11.4. The van der Waals surface area contributed by atoms with E-state index in [0.717, 1.165) is 0 Å². The molecule has 1 heterocycles. The molecule has 0 radical (unpaired) electrons. The number of carbonyl (C=O) groups is 1. The molecule has 0 amide bonds. The number of aromatic carboxylic acids is 1. The quantitative estimate of drug-likeness (QED) is 0.757. The van der Waals surface area contributed by atoms with Crippen molar-refractivity contribution in [1.29, 1.82) is 0 Å². The molecule has 0 unspecified atom stereocenters. The highest BCUT2D eigenvalue weighted by atomic mass is 35.5. The van der Waals surface area contributed by atoms with Gasteiger partial charge in [-0.25, -0.2) is 9.78 Å². The fourth-order valence-corrected chi connectivity index (χ4v) is 2.29. The molecule has 1 aromatic heterocycles. The average molecular weight is 308 g/mol. The number of benzene rings is 2. The van der Waals surface area contributed by atoms with Crippen LogP contribution in [-0.4, -0.2) is 16.1 Å². The Bertz CT molecular complexity index is 826. The predicted molar refractivity (Wildman–Crippen MR) is 76.4 cm³/mol. The number of para-hydroxylation sites is 1. The summed E-state index contributed by atoms with van der Waals surface area (Å²) in [5, 5.41) is 9.83. The van der Waals surface area contributed by atoms with Crippen LogP contribution in [0.3, 0.4) is 0 Å². The largest absolute Gasteiger partial charge is 0.478 e. The minimum absolute atomic E-state index is 0.0793. The molecule has 0 atom stereocenters. The molecular weight excluding hydrogens is 301 g/mol. The molecular formula is C14H7Cl2NO3. The summed E-state index contributed by atoms with van der Waals surface area (Å²) in [6.45, 7) is 0. The van der Waals surface area contributed by atoms with E-state index in [1.54, 1.807) is 30.3 Å². The van der Waals surface area contributed by atoms with Crippen LogP contribution in [0.2, 0.25) is 10.0 Å². The van der Waals surface area contributed by atoms with Crippen LogP contribution < -0.4 is 0 Å². The van der Waals surface area contributed by atoms with Crippen LogP contribution >= 0.6 is 23.2 Å². The van der Waals surface area contributed by atoms with Gasteiger partial charge in [-0.1, -0.05) is 35.3 Å². The van der Waals surface area contributed by atoms with Crippen molar-refractivity contribution in [1.82, 2.24) is 4.98 Å². The van der Waals surface area contributed by atoms with E-state index in [2.05, 4.69) is 4.98 Å².